The van der Waals surface area contributed by atoms with Gasteiger partial charge in [-0.15, -0.1) is 0 Å². The van der Waals surface area contributed by atoms with E-state index < -0.39 is 31.3 Å². The van der Waals surface area contributed by atoms with Crippen molar-refractivity contribution in [3.8, 4) is 5.75 Å². The average molecular weight is 491 g/mol. The molecule has 0 radical (unpaired) electrons. The second-order valence-electron chi connectivity index (χ2n) is 6.63. The molecule has 170 valence electrons. The van der Waals surface area contributed by atoms with E-state index in [-0.39, 0.29) is 21.4 Å². The van der Waals surface area contributed by atoms with Crippen molar-refractivity contribution in [1.29, 1.82) is 0 Å². The Morgan fingerprint density at radius 3 is 2.30 bits per heavy atom. The molecular formula is C20H15ClN4O7S. The van der Waals surface area contributed by atoms with E-state index in [1.54, 1.807) is 12.1 Å². The molecule has 0 aliphatic rings. The molecule has 13 heteroatoms. The number of aryl methyl sites for hydroxylation is 1. The van der Waals surface area contributed by atoms with Crippen LogP contribution < -0.4 is 9.61 Å². The van der Waals surface area contributed by atoms with Crippen molar-refractivity contribution in [2.24, 2.45) is 5.10 Å². The van der Waals surface area contributed by atoms with Crippen molar-refractivity contribution in [3.63, 3.8) is 0 Å². The number of nitro groups is 2. The smallest absolute Gasteiger partial charge is 0.339 e. The van der Waals surface area contributed by atoms with Crippen LogP contribution in [-0.4, -0.2) is 24.5 Å². The molecule has 0 bridgehead atoms. The number of halogens is 1. The summed E-state index contributed by atoms with van der Waals surface area (Å²) in [7, 11) is -4.08. The van der Waals surface area contributed by atoms with Crippen LogP contribution in [0.3, 0.4) is 0 Å². The van der Waals surface area contributed by atoms with Gasteiger partial charge in [-0.2, -0.15) is 13.5 Å². The third-order valence-electron chi connectivity index (χ3n) is 4.25. The van der Waals surface area contributed by atoms with Crippen LogP contribution in [0.1, 0.15) is 11.1 Å². The molecule has 11 nitrogen and oxygen atoms in total. The van der Waals surface area contributed by atoms with Gasteiger partial charge in [-0.1, -0.05) is 29.3 Å². The maximum absolute atomic E-state index is 12.4. The van der Waals surface area contributed by atoms with Crippen molar-refractivity contribution in [3.05, 3.63) is 97.0 Å². The molecule has 0 unspecified atom stereocenters. The van der Waals surface area contributed by atoms with E-state index in [1.165, 1.54) is 36.5 Å². The quantitative estimate of drug-likeness (QED) is 0.206. The minimum atomic E-state index is -4.08. The third-order valence-corrected chi connectivity index (χ3v) is 5.80. The lowest BCUT2D eigenvalue weighted by molar-refractivity contribution is -0.393. The first-order chi connectivity index (χ1) is 15.6. The Labute approximate surface area is 192 Å². The van der Waals surface area contributed by atoms with Crippen LogP contribution in [0.2, 0.25) is 5.02 Å². The van der Waals surface area contributed by atoms with Crippen LogP contribution >= 0.6 is 11.6 Å². The van der Waals surface area contributed by atoms with Gasteiger partial charge < -0.3 is 4.18 Å². The van der Waals surface area contributed by atoms with Gasteiger partial charge in [0, 0.05) is 6.07 Å². The van der Waals surface area contributed by atoms with Gasteiger partial charge in [0.15, 0.2) is 5.75 Å². The van der Waals surface area contributed by atoms with Gasteiger partial charge in [-0.25, -0.2) is 0 Å². The van der Waals surface area contributed by atoms with Gasteiger partial charge >= 0.3 is 15.8 Å². The summed E-state index contributed by atoms with van der Waals surface area (Å²) < 4.78 is 29.9. The van der Waals surface area contributed by atoms with Crippen LogP contribution in [-0.2, 0) is 10.1 Å². The molecule has 0 spiro atoms. The molecule has 0 atom stereocenters. The van der Waals surface area contributed by atoms with E-state index in [2.05, 4.69) is 10.5 Å². The van der Waals surface area contributed by atoms with Gasteiger partial charge in [-0.05, 0) is 48.9 Å². The largest absolute Gasteiger partial charge is 0.377 e. The fraction of sp³-hybridized carbons (Fsp3) is 0.0500. The summed E-state index contributed by atoms with van der Waals surface area (Å²) in [5, 5.41) is 25.8. The highest BCUT2D eigenvalue weighted by Gasteiger charge is 2.20. The number of nitrogens with one attached hydrogen (secondary N) is 1. The Bertz CT molecular complexity index is 1360. The van der Waals surface area contributed by atoms with Crippen molar-refractivity contribution in [2.45, 2.75) is 11.8 Å². The zero-order valence-corrected chi connectivity index (χ0v) is 18.4. The van der Waals surface area contributed by atoms with E-state index >= 15 is 0 Å². The van der Waals surface area contributed by atoms with E-state index in [0.717, 1.165) is 23.8 Å². The number of hydrogen-bond donors (Lipinski definition) is 1. The maximum Gasteiger partial charge on any atom is 0.339 e. The topological polar surface area (TPSA) is 154 Å². The van der Waals surface area contributed by atoms with Crippen molar-refractivity contribution in [2.75, 3.05) is 5.43 Å². The molecule has 0 saturated carbocycles. The Morgan fingerprint density at radius 2 is 1.70 bits per heavy atom. The summed E-state index contributed by atoms with van der Waals surface area (Å²) in [6, 6.07) is 13.4. The van der Waals surface area contributed by atoms with Gasteiger partial charge in [0.25, 0.3) is 5.69 Å². The number of non-ortho nitro benzene ring substituents is 1. The Morgan fingerprint density at radius 1 is 1.00 bits per heavy atom. The fourth-order valence-electron chi connectivity index (χ4n) is 2.59. The SMILES string of the molecule is Cc1ccc(S(=O)(=O)Oc2ccc(/C=N/Nc3ccc([N+](=O)[O-])cc3[N+](=O)[O-])cc2Cl)cc1. The number of hydrogen-bond acceptors (Lipinski definition) is 9. The summed E-state index contributed by atoms with van der Waals surface area (Å²) in [5.41, 5.74) is 2.75. The molecule has 0 saturated heterocycles. The summed E-state index contributed by atoms with van der Waals surface area (Å²) in [4.78, 5) is 20.4. The van der Waals surface area contributed by atoms with Gasteiger partial charge in [0.05, 0.1) is 27.2 Å². The number of benzene rings is 3. The number of rotatable bonds is 8. The Kier molecular flexibility index (Phi) is 6.89. The monoisotopic (exact) mass is 490 g/mol. The highest BCUT2D eigenvalue weighted by atomic mass is 35.5. The van der Waals surface area contributed by atoms with Crippen LogP contribution in [0.5, 0.6) is 5.75 Å². The fourth-order valence-corrected chi connectivity index (χ4v) is 3.81. The number of nitro benzene ring substituents is 2. The third kappa shape index (κ3) is 5.81. The molecule has 0 aromatic heterocycles. The summed E-state index contributed by atoms with van der Waals surface area (Å²) in [5.74, 6) is -0.0895. The van der Waals surface area contributed by atoms with E-state index in [4.69, 9.17) is 15.8 Å². The van der Waals surface area contributed by atoms with Gasteiger partial charge in [-0.3, -0.25) is 25.7 Å². The molecule has 3 aromatic rings. The van der Waals surface area contributed by atoms with Crippen molar-refractivity contribution >= 4 is 45.0 Å². The first kappa shape index (κ1) is 23.6. The van der Waals surface area contributed by atoms with Gasteiger partial charge in [0.1, 0.15) is 10.6 Å². The van der Waals surface area contributed by atoms with Crippen LogP contribution in [0, 0.1) is 27.2 Å². The minimum Gasteiger partial charge on any atom is -0.377 e. The molecule has 33 heavy (non-hydrogen) atoms. The zero-order valence-electron chi connectivity index (χ0n) is 16.8. The Balaban J connectivity index is 1.75. The molecule has 0 aliphatic heterocycles. The molecule has 1 N–H and O–H groups in total. The standard InChI is InChI=1S/C20H15ClN4O7S/c1-13-2-6-16(7-3-13)33(30,31)32-20-9-4-14(10-17(20)21)12-22-23-18-8-5-15(24(26)27)11-19(18)25(28)29/h2-12,23H,1H3/b22-12+. The number of hydrazone groups is 1. The second kappa shape index (κ2) is 9.63. The molecule has 3 aromatic carbocycles. The lowest BCUT2D eigenvalue weighted by Crippen LogP contribution is -2.10. The molecule has 0 fully saturated rings. The molecule has 0 aliphatic carbocycles. The van der Waals surface area contributed by atoms with Crippen molar-refractivity contribution in [1.82, 2.24) is 0 Å². The van der Waals surface area contributed by atoms with Crippen LogP contribution in [0.15, 0.2) is 70.7 Å². The number of anilines is 1. The zero-order chi connectivity index (χ0) is 24.2. The molecule has 0 amide bonds. The first-order valence-corrected chi connectivity index (χ1v) is 10.9. The summed E-state index contributed by atoms with van der Waals surface area (Å²) >= 11 is 6.13. The second-order valence-corrected chi connectivity index (χ2v) is 8.58. The predicted molar refractivity (Wildman–Crippen MR) is 121 cm³/mol. The van der Waals surface area contributed by atoms with E-state index in [0.29, 0.717) is 5.56 Å². The summed E-state index contributed by atoms with van der Waals surface area (Å²) in [6.45, 7) is 1.82. The predicted octanol–water partition coefficient (Wildman–Crippen LogP) is 4.68. The number of nitrogens with zero attached hydrogens (tertiary/aromatic N) is 3. The maximum atomic E-state index is 12.4. The minimum absolute atomic E-state index is 0.00375. The molecule has 3 rings (SSSR count). The molecular weight excluding hydrogens is 476 g/mol. The van der Waals surface area contributed by atoms with E-state index in [9.17, 15) is 28.6 Å². The highest BCUT2D eigenvalue weighted by molar-refractivity contribution is 7.87. The van der Waals surface area contributed by atoms with Crippen molar-refractivity contribution < 1.29 is 22.4 Å². The lowest BCUT2D eigenvalue weighted by atomic mass is 10.2. The highest BCUT2D eigenvalue weighted by Crippen LogP contribution is 2.30. The summed E-state index contributed by atoms with van der Waals surface area (Å²) in [6.07, 6.45) is 1.27. The Hall–Kier alpha value is -4.03. The van der Waals surface area contributed by atoms with E-state index in [1.807, 2.05) is 6.92 Å². The average Bonchev–Trinajstić information content (AvgIpc) is 2.75. The molecule has 0 heterocycles. The van der Waals surface area contributed by atoms with Crippen LogP contribution in [0.25, 0.3) is 0 Å². The lowest BCUT2D eigenvalue weighted by Gasteiger charge is -2.09. The van der Waals surface area contributed by atoms with Crippen LogP contribution in [0.4, 0.5) is 17.1 Å². The van der Waals surface area contributed by atoms with Gasteiger partial charge in [0.2, 0.25) is 0 Å². The normalized spacial score (nSPS) is 11.3. The first-order valence-electron chi connectivity index (χ1n) is 9.09.